The summed E-state index contributed by atoms with van der Waals surface area (Å²) in [4.78, 5) is 15.8. The third-order valence-corrected chi connectivity index (χ3v) is 4.34. The molecule has 108 valence electrons. The molecule has 1 aromatic carbocycles. The molecule has 20 heavy (non-hydrogen) atoms. The van der Waals surface area contributed by atoms with Gasteiger partial charge in [0.05, 0.1) is 16.6 Å². The second-order valence-corrected chi connectivity index (χ2v) is 6.57. The van der Waals surface area contributed by atoms with Crippen LogP contribution in [0.4, 0.5) is 0 Å². The smallest absolute Gasteiger partial charge is 0.335 e. The summed E-state index contributed by atoms with van der Waals surface area (Å²) in [5.74, 6) is 0.428. The molecule has 0 amide bonds. The summed E-state index contributed by atoms with van der Waals surface area (Å²) in [5.41, 5.74) is 2.09. The Morgan fingerprint density at radius 1 is 1.40 bits per heavy atom. The average Bonchev–Trinajstić information content (AvgIpc) is 2.76. The van der Waals surface area contributed by atoms with Crippen molar-refractivity contribution in [2.45, 2.75) is 38.5 Å². The van der Waals surface area contributed by atoms with Crippen LogP contribution < -0.4 is 0 Å². The van der Waals surface area contributed by atoms with E-state index in [-0.39, 0.29) is 0 Å². The predicted molar refractivity (Wildman–Crippen MR) is 83.8 cm³/mol. The van der Waals surface area contributed by atoms with Crippen molar-refractivity contribution < 1.29 is 9.90 Å². The molecule has 0 radical (unpaired) electrons. The monoisotopic (exact) mass is 292 g/mol. The number of aromatic carboxylic acids is 1. The Morgan fingerprint density at radius 2 is 2.10 bits per heavy atom. The third kappa shape index (κ3) is 2.82. The van der Waals surface area contributed by atoms with Gasteiger partial charge in [0.2, 0.25) is 0 Å². The summed E-state index contributed by atoms with van der Waals surface area (Å²) in [7, 11) is 0. The fourth-order valence-corrected chi connectivity index (χ4v) is 2.54. The van der Waals surface area contributed by atoms with Crippen molar-refractivity contribution in [1.82, 2.24) is 9.55 Å². The molecule has 1 N–H and O–H groups in total. The van der Waals surface area contributed by atoms with E-state index in [9.17, 15) is 4.79 Å². The van der Waals surface area contributed by atoms with Crippen molar-refractivity contribution in [1.29, 1.82) is 0 Å². The van der Waals surface area contributed by atoms with E-state index in [0.29, 0.717) is 16.7 Å². The van der Waals surface area contributed by atoms with Gasteiger partial charge >= 0.3 is 5.97 Å². The average molecular weight is 292 g/mol. The molecule has 0 bridgehead atoms. The maximum atomic E-state index is 11.1. The van der Waals surface area contributed by atoms with Crippen LogP contribution in [0.15, 0.2) is 18.2 Å². The molecule has 1 aromatic heterocycles. The van der Waals surface area contributed by atoms with Gasteiger partial charge in [0.1, 0.15) is 5.82 Å². The van der Waals surface area contributed by atoms with Crippen molar-refractivity contribution in [2.24, 2.45) is 0 Å². The molecule has 4 nitrogen and oxygen atoms in total. The molecule has 0 saturated heterocycles. The minimum atomic E-state index is -0.899. The summed E-state index contributed by atoms with van der Waals surface area (Å²) in [6, 6.07) is 5.14. The first-order valence-corrected chi connectivity index (χ1v) is 7.99. The number of hydrogen-bond acceptors (Lipinski definition) is 3. The molecule has 0 saturated carbocycles. The number of hydrogen-bond donors (Lipinski definition) is 1. The standard InChI is InChI=1S/C15H20N2O2S/c1-9(2)14-16-12-6-5-11(15(18)19)7-13(12)17(14)8-10(3)20-4/h5-7,9-10H,8H2,1-4H3,(H,18,19). The molecule has 0 aliphatic heterocycles. The van der Waals surface area contributed by atoms with E-state index in [1.807, 2.05) is 0 Å². The third-order valence-electron chi connectivity index (χ3n) is 3.38. The second kappa shape index (κ2) is 5.87. The van der Waals surface area contributed by atoms with Gasteiger partial charge in [-0.05, 0) is 24.5 Å². The normalized spacial score (nSPS) is 13.1. The van der Waals surface area contributed by atoms with Crippen LogP contribution in [0.25, 0.3) is 11.0 Å². The number of imidazole rings is 1. The van der Waals surface area contributed by atoms with Gasteiger partial charge in [-0.3, -0.25) is 0 Å². The molecule has 2 rings (SSSR count). The zero-order valence-corrected chi connectivity index (χ0v) is 13.1. The van der Waals surface area contributed by atoms with E-state index < -0.39 is 5.97 Å². The Bertz CT molecular complexity index is 634. The number of aromatic nitrogens is 2. The van der Waals surface area contributed by atoms with Gasteiger partial charge in [0, 0.05) is 17.7 Å². The van der Waals surface area contributed by atoms with Crippen LogP contribution in [-0.2, 0) is 6.54 Å². The van der Waals surface area contributed by atoms with Crippen molar-refractivity contribution in [2.75, 3.05) is 6.26 Å². The summed E-state index contributed by atoms with van der Waals surface area (Å²) in [6.45, 7) is 7.23. The van der Waals surface area contributed by atoms with Crippen LogP contribution in [0.3, 0.4) is 0 Å². The highest BCUT2D eigenvalue weighted by Crippen LogP contribution is 2.25. The topological polar surface area (TPSA) is 55.1 Å². The van der Waals surface area contributed by atoms with Gasteiger partial charge in [-0.25, -0.2) is 9.78 Å². The van der Waals surface area contributed by atoms with Crippen LogP contribution in [0.5, 0.6) is 0 Å². The van der Waals surface area contributed by atoms with Crippen molar-refractivity contribution >= 4 is 28.8 Å². The fourth-order valence-electron chi connectivity index (χ4n) is 2.24. The van der Waals surface area contributed by atoms with E-state index in [2.05, 4.69) is 36.6 Å². The first-order chi connectivity index (χ1) is 9.43. The Kier molecular flexibility index (Phi) is 4.38. The molecule has 1 atom stereocenters. The molecular formula is C15H20N2O2S. The van der Waals surface area contributed by atoms with Crippen molar-refractivity contribution in [3.05, 3.63) is 29.6 Å². The summed E-state index contributed by atoms with van der Waals surface area (Å²) in [6.07, 6.45) is 2.08. The second-order valence-electron chi connectivity index (χ2n) is 5.29. The zero-order valence-electron chi connectivity index (χ0n) is 12.3. The lowest BCUT2D eigenvalue weighted by molar-refractivity contribution is 0.0697. The Morgan fingerprint density at radius 3 is 2.65 bits per heavy atom. The summed E-state index contributed by atoms with van der Waals surface area (Å²) >= 11 is 1.80. The Balaban J connectivity index is 2.61. The van der Waals surface area contributed by atoms with Crippen molar-refractivity contribution in [3.8, 4) is 0 Å². The number of carboxylic acids is 1. The van der Waals surface area contributed by atoms with Crippen LogP contribution >= 0.6 is 11.8 Å². The molecule has 5 heteroatoms. The quantitative estimate of drug-likeness (QED) is 0.914. The van der Waals surface area contributed by atoms with E-state index >= 15 is 0 Å². The number of fused-ring (bicyclic) bond motifs is 1. The van der Waals surface area contributed by atoms with Crippen LogP contribution in [0, 0.1) is 0 Å². The highest BCUT2D eigenvalue weighted by atomic mass is 32.2. The molecule has 0 aliphatic carbocycles. The number of rotatable bonds is 5. The Hall–Kier alpha value is -1.49. The Labute approximate surface area is 123 Å². The molecule has 0 spiro atoms. The number of carbonyl (C=O) groups is 1. The maximum absolute atomic E-state index is 11.1. The minimum absolute atomic E-state index is 0.310. The van der Waals surface area contributed by atoms with Gasteiger partial charge in [-0.2, -0.15) is 11.8 Å². The van der Waals surface area contributed by atoms with Gasteiger partial charge < -0.3 is 9.67 Å². The summed E-state index contributed by atoms with van der Waals surface area (Å²) in [5, 5.41) is 9.60. The lowest BCUT2D eigenvalue weighted by Gasteiger charge is -2.15. The van der Waals surface area contributed by atoms with E-state index in [4.69, 9.17) is 5.11 Å². The van der Waals surface area contributed by atoms with Crippen LogP contribution in [0.1, 0.15) is 42.9 Å². The summed E-state index contributed by atoms with van der Waals surface area (Å²) < 4.78 is 2.16. The molecule has 1 heterocycles. The zero-order chi connectivity index (χ0) is 14.9. The highest BCUT2D eigenvalue weighted by Gasteiger charge is 2.16. The first kappa shape index (κ1) is 14.9. The first-order valence-electron chi connectivity index (χ1n) is 6.70. The molecule has 1 unspecified atom stereocenters. The number of thioether (sulfide) groups is 1. The minimum Gasteiger partial charge on any atom is -0.478 e. The molecule has 2 aromatic rings. The van der Waals surface area contributed by atoms with E-state index in [1.165, 1.54) is 0 Å². The van der Waals surface area contributed by atoms with Gasteiger partial charge in [-0.1, -0.05) is 20.8 Å². The predicted octanol–water partition coefficient (Wildman–Crippen LogP) is 3.61. The van der Waals surface area contributed by atoms with E-state index in [1.54, 1.807) is 30.0 Å². The van der Waals surface area contributed by atoms with Crippen LogP contribution in [0.2, 0.25) is 0 Å². The fraction of sp³-hybridized carbons (Fsp3) is 0.467. The van der Waals surface area contributed by atoms with Gasteiger partial charge in [-0.15, -0.1) is 0 Å². The van der Waals surface area contributed by atoms with E-state index in [0.717, 1.165) is 23.4 Å². The number of nitrogens with zero attached hydrogens (tertiary/aromatic N) is 2. The SMILES string of the molecule is CSC(C)Cn1c(C(C)C)nc2ccc(C(=O)O)cc21. The van der Waals surface area contributed by atoms with Crippen molar-refractivity contribution in [3.63, 3.8) is 0 Å². The number of benzene rings is 1. The molecular weight excluding hydrogens is 272 g/mol. The molecule has 0 aliphatic rings. The molecule has 0 fully saturated rings. The van der Waals surface area contributed by atoms with Gasteiger partial charge in [0.25, 0.3) is 0 Å². The maximum Gasteiger partial charge on any atom is 0.335 e. The lowest BCUT2D eigenvalue weighted by Crippen LogP contribution is -2.13. The highest BCUT2D eigenvalue weighted by molar-refractivity contribution is 7.99. The number of carboxylic acid groups (broad SMARTS) is 1. The lowest BCUT2D eigenvalue weighted by atomic mass is 10.2. The van der Waals surface area contributed by atoms with Gasteiger partial charge in [0.15, 0.2) is 0 Å². The van der Waals surface area contributed by atoms with Crippen LogP contribution in [-0.4, -0.2) is 32.1 Å². The largest absolute Gasteiger partial charge is 0.478 e.